The third kappa shape index (κ3) is 5.22. The Morgan fingerprint density at radius 2 is 1.73 bits per heavy atom. The third-order valence-electron chi connectivity index (χ3n) is 5.94. The van der Waals surface area contributed by atoms with Crippen LogP contribution in [0, 0.1) is 24.7 Å². The van der Waals surface area contributed by atoms with Crippen molar-refractivity contribution in [1.82, 2.24) is 0 Å². The fraction of sp³-hybridized carbons (Fsp3) is 0.458. The topological polar surface area (TPSA) is 72.5 Å². The molecule has 162 valence electrons. The standard InChI is InChI=1S/C24H31NO4S/c1-16(2)20-14-11-18(4)15-23(20)29-24(26)21-7-5-6-8-22(21)25-30(27,28)19-12-9-17(3)10-13-19/h5-10,12-13,16,18,20,23,25H,11,14-15H2,1-4H3/t18-,20+,23+/m0/s1. The smallest absolute Gasteiger partial charge is 0.340 e. The van der Waals surface area contributed by atoms with Crippen molar-refractivity contribution in [1.29, 1.82) is 0 Å². The number of aryl methyl sites for hydroxylation is 1. The van der Waals surface area contributed by atoms with Gasteiger partial charge in [0.25, 0.3) is 10.0 Å². The van der Waals surface area contributed by atoms with E-state index in [4.69, 9.17) is 4.74 Å². The molecule has 5 nitrogen and oxygen atoms in total. The highest BCUT2D eigenvalue weighted by Crippen LogP contribution is 2.36. The lowest BCUT2D eigenvalue weighted by atomic mass is 9.75. The molecule has 30 heavy (non-hydrogen) atoms. The summed E-state index contributed by atoms with van der Waals surface area (Å²) in [4.78, 5) is 13.2. The van der Waals surface area contributed by atoms with E-state index in [1.54, 1.807) is 48.5 Å². The van der Waals surface area contributed by atoms with Crippen LogP contribution >= 0.6 is 0 Å². The van der Waals surface area contributed by atoms with E-state index in [9.17, 15) is 13.2 Å². The summed E-state index contributed by atoms with van der Waals surface area (Å²) in [7, 11) is -3.81. The van der Waals surface area contributed by atoms with E-state index in [0.717, 1.165) is 24.8 Å². The van der Waals surface area contributed by atoms with Crippen LogP contribution in [0.4, 0.5) is 5.69 Å². The summed E-state index contributed by atoms with van der Waals surface area (Å²) in [5.74, 6) is 0.766. The maximum absolute atomic E-state index is 13.0. The fourth-order valence-electron chi connectivity index (χ4n) is 4.12. The zero-order valence-corrected chi connectivity index (χ0v) is 18.9. The number of esters is 1. The minimum absolute atomic E-state index is 0.150. The molecule has 6 heteroatoms. The predicted octanol–water partition coefficient (Wildman–Crippen LogP) is 5.41. The Morgan fingerprint density at radius 3 is 2.40 bits per heavy atom. The maximum atomic E-state index is 13.0. The van der Waals surface area contributed by atoms with Gasteiger partial charge in [-0.05, 0) is 61.8 Å². The second-order valence-electron chi connectivity index (χ2n) is 8.73. The summed E-state index contributed by atoms with van der Waals surface area (Å²) in [5.41, 5.74) is 1.43. The van der Waals surface area contributed by atoms with Crippen LogP contribution in [0.5, 0.6) is 0 Å². The van der Waals surface area contributed by atoms with Crippen LogP contribution in [0.3, 0.4) is 0 Å². The number of carbonyl (C=O) groups is 1. The average Bonchev–Trinajstić information content (AvgIpc) is 2.68. The van der Waals surface area contributed by atoms with E-state index in [1.165, 1.54) is 0 Å². The molecular formula is C24H31NO4S. The van der Waals surface area contributed by atoms with E-state index in [0.29, 0.717) is 17.8 Å². The van der Waals surface area contributed by atoms with Gasteiger partial charge in [-0.25, -0.2) is 13.2 Å². The largest absolute Gasteiger partial charge is 0.458 e. The first-order valence-corrected chi connectivity index (χ1v) is 12.0. The molecule has 0 bridgehead atoms. The van der Waals surface area contributed by atoms with Gasteiger partial charge in [0.1, 0.15) is 6.10 Å². The Morgan fingerprint density at radius 1 is 1.07 bits per heavy atom. The van der Waals surface area contributed by atoms with E-state index < -0.39 is 16.0 Å². The van der Waals surface area contributed by atoms with Crippen LogP contribution in [0.1, 0.15) is 56.0 Å². The van der Waals surface area contributed by atoms with E-state index >= 15 is 0 Å². The molecule has 0 aliphatic heterocycles. The Hall–Kier alpha value is -2.34. The van der Waals surface area contributed by atoms with Gasteiger partial charge < -0.3 is 4.74 Å². The predicted molar refractivity (Wildman–Crippen MR) is 119 cm³/mol. The van der Waals surface area contributed by atoms with Gasteiger partial charge in [0, 0.05) is 0 Å². The van der Waals surface area contributed by atoms with Crippen LogP contribution < -0.4 is 4.72 Å². The van der Waals surface area contributed by atoms with Crippen LogP contribution in [0.2, 0.25) is 0 Å². The Balaban J connectivity index is 1.82. The molecule has 1 aliphatic rings. The molecule has 2 aromatic carbocycles. The number of benzene rings is 2. The monoisotopic (exact) mass is 429 g/mol. The Kier molecular flexibility index (Phi) is 6.86. The summed E-state index contributed by atoms with van der Waals surface area (Å²) >= 11 is 0. The van der Waals surface area contributed by atoms with Crippen molar-refractivity contribution >= 4 is 21.7 Å². The van der Waals surface area contributed by atoms with Crippen molar-refractivity contribution in [3.05, 3.63) is 59.7 Å². The van der Waals surface area contributed by atoms with E-state index in [1.807, 2.05) is 6.92 Å². The SMILES string of the molecule is Cc1ccc(S(=O)(=O)Nc2ccccc2C(=O)O[C@@H]2C[C@@H](C)CC[C@@H]2C(C)C)cc1. The zero-order valence-electron chi connectivity index (χ0n) is 18.1. The molecule has 0 amide bonds. The molecule has 1 fully saturated rings. The molecule has 1 saturated carbocycles. The quantitative estimate of drug-likeness (QED) is 0.623. The molecular weight excluding hydrogens is 398 g/mol. The normalized spacial score (nSPS) is 22.0. The average molecular weight is 430 g/mol. The number of para-hydroxylation sites is 1. The molecule has 0 spiro atoms. The van der Waals surface area contributed by atoms with Crippen molar-refractivity contribution < 1.29 is 17.9 Å². The van der Waals surface area contributed by atoms with Crippen molar-refractivity contribution in [3.8, 4) is 0 Å². The van der Waals surface area contributed by atoms with Gasteiger partial charge in [-0.1, -0.05) is 57.0 Å². The molecule has 2 aromatic rings. The number of sulfonamides is 1. The molecule has 0 aromatic heterocycles. The first-order chi connectivity index (χ1) is 14.2. The molecule has 3 rings (SSSR count). The van der Waals surface area contributed by atoms with Gasteiger partial charge >= 0.3 is 5.97 Å². The number of anilines is 1. The lowest BCUT2D eigenvalue weighted by molar-refractivity contribution is -0.0173. The first kappa shape index (κ1) is 22.3. The number of hydrogen-bond acceptors (Lipinski definition) is 4. The molecule has 1 N–H and O–H groups in total. The second kappa shape index (κ2) is 9.21. The highest BCUT2D eigenvalue weighted by atomic mass is 32.2. The van der Waals surface area contributed by atoms with Crippen LogP contribution in [0.25, 0.3) is 0 Å². The van der Waals surface area contributed by atoms with E-state index in [-0.39, 0.29) is 22.3 Å². The number of hydrogen-bond donors (Lipinski definition) is 1. The summed E-state index contributed by atoms with van der Waals surface area (Å²) in [5, 5.41) is 0. The second-order valence-corrected chi connectivity index (χ2v) is 10.4. The summed E-state index contributed by atoms with van der Waals surface area (Å²) in [6, 6.07) is 13.2. The van der Waals surface area contributed by atoms with Crippen molar-refractivity contribution in [3.63, 3.8) is 0 Å². The number of ether oxygens (including phenoxy) is 1. The van der Waals surface area contributed by atoms with Gasteiger partial charge in [-0.15, -0.1) is 0 Å². The van der Waals surface area contributed by atoms with Crippen LogP contribution in [0.15, 0.2) is 53.4 Å². The first-order valence-electron chi connectivity index (χ1n) is 10.6. The molecule has 0 heterocycles. The molecule has 0 saturated heterocycles. The summed E-state index contributed by atoms with van der Waals surface area (Å²) in [6.07, 6.45) is 2.87. The fourth-order valence-corrected chi connectivity index (χ4v) is 5.20. The van der Waals surface area contributed by atoms with Crippen molar-refractivity contribution in [2.24, 2.45) is 17.8 Å². The minimum Gasteiger partial charge on any atom is -0.458 e. The van der Waals surface area contributed by atoms with Gasteiger partial charge in [0.15, 0.2) is 0 Å². The third-order valence-corrected chi connectivity index (χ3v) is 7.32. The van der Waals surface area contributed by atoms with Crippen molar-refractivity contribution in [2.45, 2.75) is 58.0 Å². The van der Waals surface area contributed by atoms with Crippen LogP contribution in [-0.4, -0.2) is 20.5 Å². The number of carbonyl (C=O) groups excluding carboxylic acids is 1. The highest BCUT2D eigenvalue weighted by Gasteiger charge is 2.34. The lowest BCUT2D eigenvalue weighted by Crippen LogP contribution is -2.36. The molecule has 3 atom stereocenters. The van der Waals surface area contributed by atoms with Gasteiger partial charge in [-0.3, -0.25) is 4.72 Å². The number of rotatable bonds is 6. The van der Waals surface area contributed by atoms with Gasteiger partial charge in [0.05, 0.1) is 16.1 Å². The summed E-state index contributed by atoms with van der Waals surface area (Å²) < 4.78 is 34.1. The van der Waals surface area contributed by atoms with Crippen molar-refractivity contribution in [2.75, 3.05) is 4.72 Å². The number of nitrogens with one attached hydrogen (secondary N) is 1. The van der Waals surface area contributed by atoms with E-state index in [2.05, 4.69) is 25.5 Å². The summed E-state index contributed by atoms with van der Waals surface area (Å²) in [6.45, 7) is 8.39. The van der Waals surface area contributed by atoms with Crippen LogP contribution in [-0.2, 0) is 14.8 Å². The Labute approximate surface area is 179 Å². The lowest BCUT2D eigenvalue weighted by Gasteiger charge is -2.36. The molecule has 1 aliphatic carbocycles. The molecule has 0 unspecified atom stereocenters. The zero-order chi connectivity index (χ0) is 21.9. The highest BCUT2D eigenvalue weighted by molar-refractivity contribution is 7.92. The van der Waals surface area contributed by atoms with Gasteiger partial charge in [0.2, 0.25) is 0 Å². The Bertz CT molecular complexity index is 983. The maximum Gasteiger partial charge on any atom is 0.340 e. The molecule has 0 radical (unpaired) electrons. The minimum atomic E-state index is -3.81. The van der Waals surface area contributed by atoms with Gasteiger partial charge in [-0.2, -0.15) is 0 Å².